The maximum atomic E-state index is 11.5. The second kappa shape index (κ2) is 9.39. The molecule has 0 atom stereocenters. The van der Waals surface area contributed by atoms with Gasteiger partial charge in [-0.1, -0.05) is 13.3 Å². The van der Waals surface area contributed by atoms with Gasteiger partial charge in [0, 0.05) is 18.8 Å². The lowest BCUT2D eigenvalue weighted by Crippen LogP contribution is -2.10. The van der Waals surface area contributed by atoms with E-state index in [2.05, 4.69) is 12.2 Å². The highest BCUT2D eigenvalue weighted by Crippen LogP contribution is 2.10. The molecule has 0 aromatic heterocycles. The molecule has 0 bridgehead atoms. The molecular weight excluding hydrogens is 242 g/mol. The molecule has 4 nitrogen and oxygen atoms in total. The van der Waals surface area contributed by atoms with E-state index < -0.39 is 0 Å². The van der Waals surface area contributed by atoms with Crippen LogP contribution in [0.25, 0.3) is 0 Å². The van der Waals surface area contributed by atoms with E-state index in [-0.39, 0.29) is 5.97 Å². The molecule has 0 aliphatic rings. The van der Waals surface area contributed by atoms with E-state index in [9.17, 15) is 4.79 Å². The topological polar surface area (TPSA) is 47.6 Å². The number of unbranched alkanes of at least 4 members (excludes halogenated alkanes) is 1. The Hall–Kier alpha value is -1.55. The van der Waals surface area contributed by atoms with Gasteiger partial charge in [0.1, 0.15) is 0 Å². The number of rotatable bonds is 9. The largest absolute Gasteiger partial charge is 0.462 e. The average Bonchev–Trinajstić information content (AvgIpc) is 2.43. The van der Waals surface area contributed by atoms with Crippen LogP contribution in [-0.2, 0) is 9.47 Å². The molecule has 19 heavy (non-hydrogen) atoms. The fourth-order valence-corrected chi connectivity index (χ4v) is 1.55. The van der Waals surface area contributed by atoms with E-state index in [0.717, 1.165) is 31.7 Å². The lowest BCUT2D eigenvalue weighted by molar-refractivity contribution is 0.0526. The van der Waals surface area contributed by atoms with Gasteiger partial charge in [0.15, 0.2) is 0 Å². The van der Waals surface area contributed by atoms with Crippen molar-refractivity contribution in [2.24, 2.45) is 0 Å². The molecule has 1 aromatic rings. The van der Waals surface area contributed by atoms with Gasteiger partial charge >= 0.3 is 5.97 Å². The molecule has 4 heteroatoms. The summed E-state index contributed by atoms with van der Waals surface area (Å²) in [5.41, 5.74) is 1.55. The number of nitrogens with one attached hydrogen (secondary N) is 1. The Balaban J connectivity index is 2.26. The summed E-state index contributed by atoms with van der Waals surface area (Å²) in [7, 11) is 0. The second-order valence-electron chi connectivity index (χ2n) is 4.19. The maximum absolute atomic E-state index is 11.5. The summed E-state index contributed by atoms with van der Waals surface area (Å²) in [5, 5.41) is 3.24. The number of carbonyl (C=O) groups excluding carboxylic acids is 1. The zero-order chi connectivity index (χ0) is 13.9. The van der Waals surface area contributed by atoms with Gasteiger partial charge in [0.05, 0.1) is 18.8 Å². The SMILES string of the molecule is CCCCOCCNc1ccc(C(=O)OCC)cc1. The third kappa shape index (κ3) is 6.25. The van der Waals surface area contributed by atoms with Crippen molar-refractivity contribution in [2.75, 3.05) is 31.7 Å². The molecule has 0 saturated carbocycles. The van der Waals surface area contributed by atoms with Crippen molar-refractivity contribution in [3.05, 3.63) is 29.8 Å². The normalized spacial score (nSPS) is 10.2. The third-order valence-electron chi connectivity index (χ3n) is 2.61. The average molecular weight is 265 g/mol. The summed E-state index contributed by atoms with van der Waals surface area (Å²) < 4.78 is 10.4. The molecule has 0 fully saturated rings. The highest BCUT2D eigenvalue weighted by molar-refractivity contribution is 5.89. The number of carbonyl (C=O) groups is 1. The van der Waals surface area contributed by atoms with Gasteiger partial charge in [-0.2, -0.15) is 0 Å². The van der Waals surface area contributed by atoms with E-state index >= 15 is 0 Å². The van der Waals surface area contributed by atoms with Crippen molar-refractivity contribution in [2.45, 2.75) is 26.7 Å². The van der Waals surface area contributed by atoms with E-state index in [1.54, 1.807) is 19.1 Å². The monoisotopic (exact) mass is 265 g/mol. The van der Waals surface area contributed by atoms with Crippen molar-refractivity contribution in [1.82, 2.24) is 0 Å². The Labute approximate surface area is 115 Å². The predicted molar refractivity (Wildman–Crippen MR) is 76.6 cm³/mol. The fourth-order valence-electron chi connectivity index (χ4n) is 1.55. The minimum Gasteiger partial charge on any atom is -0.462 e. The molecule has 0 spiro atoms. The van der Waals surface area contributed by atoms with Gasteiger partial charge < -0.3 is 14.8 Å². The van der Waals surface area contributed by atoms with Crippen LogP contribution in [0.3, 0.4) is 0 Å². The van der Waals surface area contributed by atoms with Gasteiger partial charge in [-0.15, -0.1) is 0 Å². The molecule has 0 aliphatic heterocycles. The first-order valence-electron chi connectivity index (χ1n) is 6.86. The predicted octanol–water partition coefficient (Wildman–Crippen LogP) is 3.09. The van der Waals surface area contributed by atoms with Crippen LogP contribution in [0.4, 0.5) is 5.69 Å². The van der Waals surface area contributed by atoms with E-state index in [1.165, 1.54) is 0 Å². The van der Waals surface area contributed by atoms with E-state index in [0.29, 0.717) is 18.8 Å². The quantitative estimate of drug-likeness (QED) is 0.550. The van der Waals surface area contributed by atoms with Gasteiger partial charge in [0.25, 0.3) is 0 Å². The van der Waals surface area contributed by atoms with Gasteiger partial charge in [-0.25, -0.2) is 4.79 Å². The molecule has 0 saturated heterocycles. The summed E-state index contributed by atoms with van der Waals surface area (Å²) in [6.45, 7) is 6.62. The zero-order valence-corrected chi connectivity index (χ0v) is 11.8. The van der Waals surface area contributed by atoms with Crippen LogP contribution in [0.2, 0.25) is 0 Å². The Bertz CT molecular complexity index is 362. The van der Waals surface area contributed by atoms with Crippen LogP contribution in [0.1, 0.15) is 37.0 Å². The molecule has 106 valence electrons. The lowest BCUT2D eigenvalue weighted by atomic mass is 10.2. The Morgan fingerprint density at radius 2 is 1.89 bits per heavy atom. The first kappa shape index (κ1) is 15.5. The highest BCUT2D eigenvalue weighted by atomic mass is 16.5. The maximum Gasteiger partial charge on any atom is 0.338 e. The van der Waals surface area contributed by atoms with Crippen LogP contribution in [-0.4, -0.2) is 32.3 Å². The molecule has 0 aliphatic carbocycles. The van der Waals surface area contributed by atoms with Crippen molar-refractivity contribution >= 4 is 11.7 Å². The molecule has 1 rings (SSSR count). The van der Waals surface area contributed by atoms with Gasteiger partial charge in [-0.3, -0.25) is 0 Å². The number of ether oxygens (including phenoxy) is 2. The molecule has 0 radical (unpaired) electrons. The van der Waals surface area contributed by atoms with Crippen molar-refractivity contribution in [3.63, 3.8) is 0 Å². The van der Waals surface area contributed by atoms with E-state index in [4.69, 9.17) is 9.47 Å². The smallest absolute Gasteiger partial charge is 0.338 e. The van der Waals surface area contributed by atoms with Crippen LogP contribution >= 0.6 is 0 Å². The third-order valence-corrected chi connectivity index (χ3v) is 2.61. The Kier molecular flexibility index (Phi) is 7.66. The number of esters is 1. The lowest BCUT2D eigenvalue weighted by Gasteiger charge is -2.08. The van der Waals surface area contributed by atoms with Crippen LogP contribution < -0.4 is 5.32 Å². The number of hydrogen-bond acceptors (Lipinski definition) is 4. The van der Waals surface area contributed by atoms with Crippen LogP contribution in [0.15, 0.2) is 24.3 Å². The highest BCUT2D eigenvalue weighted by Gasteiger charge is 2.04. The van der Waals surface area contributed by atoms with Crippen molar-refractivity contribution in [1.29, 1.82) is 0 Å². The van der Waals surface area contributed by atoms with Gasteiger partial charge in [-0.05, 0) is 37.6 Å². The molecule has 0 amide bonds. The first-order valence-corrected chi connectivity index (χ1v) is 6.86. The fraction of sp³-hybridized carbons (Fsp3) is 0.533. The van der Waals surface area contributed by atoms with Crippen molar-refractivity contribution < 1.29 is 14.3 Å². The molecular formula is C15H23NO3. The Morgan fingerprint density at radius 3 is 2.53 bits per heavy atom. The van der Waals surface area contributed by atoms with Gasteiger partial charge in [0.2, 0.25) is 0 Å². The standard InChI is InChI=1S/C15H23NO3/c1-3-5-11-18-12-10-16-14-8-6-13(7-9-14)15(17)19-4-2/h6-9,16H,3-5,10-12H2,1-2H3. The molecule has 1 N–H and O–H groups in total. The summed E-state index contributed by atoms with van der Waals surface area (Å²) >= 11 is 0. The van der Waals surface area contributed by atoms with E-state index in [1.807, 2.05) is 12.1 Å². The zero-order valence-electron chi connectivity index (χ0n) is 11.8. The summed E-state index contributed by atoms with van der Waals surface area (Å²) in [6, 6.07) is 7.27. The summed E-state index contributed by atoms with van der Waals surface area (Å²) in [6.07, 6.45) is 2.26. The Morgan fingerprint density at radius 1 is 1.16 bits per heavy atom. The first-order chi connectivity index (χ1) is 9.27. The molecule has 1 aromatic carbocycles. The minimum atomic E-state index is -0.281. The van der Waals surface area contributed by atoms with Crippen LogP contribution in [0, 0.1) is 0 Å². The molecule has 0 unspecified atom stereocenters. The number of hydrogen-bond donors (Lipinski definition) is 1. The van der Waals surface area contributed by atoms with Crippen LogP contribution in [0.5, 0.6) is 0 Å². The number of benzene rings is 1. The molecule has 0 heterocycles. The van der Waals surface area contributed by atoms with Crippen molar-refractivity contribution in [3.8, 4) is 0 Å². The second-order valence-corrected chi connectivity index (χ2v) is 4.19. The summed E-state index contributed by atoms with van der Waals surface area (Å²) in [4.78, 5) is 11.5. The minimum absolute atomic E-state index is 0.281. The number of anilines is 1. The summed E-state index contributed by atoms with van der Waals surface area (Å²) in [5.74, 6) is -0.281.